The Kier molecular flexibility index (Phi) is 25.2. The molecule has 0 aromatic heterocycles. The van der Waals surface area contributed by atoms with Crippen LogP contribution in [0, 0.1) is 15.3 Å². The van der Waals surface area contributed by atoms with Gasteiger partial charge in [-0.3, -0.25) is 0 Å². The standard InChI is InChI=1S/NO3.H2O.Zn/c2-1(3)4;;/h;1H2;/q-1;;+2/p-1. The predicted molar refractivity (Wildman–Crippen MR) is 12.3 cm³/mol. The van der Waals surface area contributed by atoms with E-state index in [2.05, 4.69) is 0 Å². The van der Waals surface area contributed by atoms with Crippen LogP contribution in [0.2, 0.25) is 0 Å². The third-order valence-electron chi connectivity index (χ3n) is 0. The maximum absolute atomic E-state index is 8.25. The normalized spacial score (nSPS) is 4.00. The maximum Gasteiger partial charge on any atom is 2.00 e. The second kappa shape index (κ2) is 8.84. The number of rotatable bonds is 0. The predicted octanol–water partition coefficient (Wildman–Crippen LogP) is -0.418. The van der Waals surface area contributed by atoms with Gasteiger partial charge < -0.3 is 20.8 Å². The Morgan fingerprint density at radius 2 is 1.33 bits per heavy atom. The van der Waals surface area contributed by atoms with Crippen molar-refractivity contribution in [2.24, 2.45) is 0 Å². The Hall–Kier alpha value is -0.217. The molecule has 1 N–H and O–H groups in total. The Balaban J connectivity index is -0.0000000450. The van der Waals surface area contributed by atoms with E-state index in [0.29, 0.717) is 0 Å². The Morgan fingerprint density at radius 3 is 1.33 bits per heavy atom. The molecule has 0 radical (unpaired) electrons. The van der Waals surface area contributed by atoms with Gasteiger partial charge in [0.15, 0.2) is 0 Å². The number of hydrogen-bond donors (Lipinski definition) is 0. The average Bonchev–Trinajstić information content (AvgIpc) is 0.811. The summed E-state index contributed by atoms with van der Waals surface area (Å²) in [5, 5.41) is 14.8. The Morgan fingerprint density at radius 1 is 1.33 bits per heavy atom. The fraction of sp³-hybridized carbons (Fsp3) is 0. The first-order valence-corrected chi connectivity index (χ1v) is 0.548. The molecule has 0 atom stereocenters. The largest absolute Gasteiger partial charge is 2.00 e. The zero-order valence-corrected chi connectivity index (χ0v) is 5.79. The summed E-state index contributed by atoms with van der Waals surface area (Å²) in [7, 11) is 0. The van der Waals surface area contributed by atoms with E-state index in [1.807, 2.05) is 0 Å². The van der Waals surface area contributed by atoms with Gasteiger partial charge in [0.25, 0.3) is 0 Å². The zero-order chi connectivity index (χ0) is 3.58. The van der Waals surface area contributed by atoms with Crippen molar-refractivity contribution >= 4 is 0 Å². The molecular formula is HNO4Zn. The molecule has 6 heteroatoms. The molecule has 0 saturated carbocycles. The third kappa shape index (κ3) is 625. The molecule has 0 amide bonds. The van der Waals surface area contributed by atoms with Crippen molar-refractivity contribution in [3.8, 4) is 0 Å². The molecular weight excluding hydrogens is 143 g/mol. The molecule has 0 aliphatic carbocycles. The van der Waals surface area contributed by atoms with E-state index in [1.165, 1.54) is 0 Å². The van der Waals surface area contributed by atoms with E-state index < -0.39 is 5.09 Å². The van der Waals surface area contributed by atoms with Crippen molar-refractivity contribution in [3.63, 3.8) is 0 Å². The monoisotopic (exact) mass is 143 g/mol. The van der Waals surface area contributed by atoms with Crippen LogP contribution in [-0.4, -0.2) is 10.6 Å². The molecule has 0 bridgehead atoms. The van der Waals surface area contributed by atoms with Crippen LogP contribution in [0.15, 0.2) is 0 Å². The van der Waals surface area contributed by atoms with E-state index in [1.54, 1.807) is 0 Å². The molecule has 0 aliphatic rings. The van der Waals surface area contributed by atoms with Crippen LogP contribution in [0.25, 0.3) is 0 Å². The second-order valence-electron chi connectivity index (χ2n) is 0.224. The number of nitrogens with zero attached hydrogens (tertiary/aromatic N) is 1. The van der Waals surface area contributed by atoms with Gasteiger partial charge in [0.1, 0.15) is 0 Å². The summed E-state index contributed by atoms with van der Waals surface area (Å²) < 4.78 is 0. The molecule has 6 heavy (non-hydrogen) atoms. The van der Waals surface area contributed by atoms with Crippen LogP contribution in [0.1, 0.15) is 0 Å². The molecule has 0 heterocycles. The Labute approximate surface area is 46.1 Å². The molecule has 0 unspecified atom stereocenters. The van der Waals surface area contributed by atoms with Crippen LogP contribution in [0.3, 0.4) is 0 Å². The smallest absolute Gasteiger partial charge is 0.870 e. The van der Waals surface area contributed by atoms with Crippen LogP contribution in [-0.2, 0) is 19.5 Å². The van der Waals surface area contributed by atoms with Gasteiger partial charge in [-0.2, -0.15) is 0 Å². The summed E-state index contributed by atoms with van der Waals surface area (Å²) in [5.74, 6) is 0. The summed E-state index contributed by atoms with van der Waals surface area (Å²) in [6, 6.07) is 0. The number of hydrogen-bond acceptors (Lipinski definition) is 4. The van der Waals surface area contributed by atoms with Gasteiger partial charge in [-0.25, -0.2) is 0 Å². The van der Waals surface area contributed by atoms with Crippen molar-refractivity contribution in [1.82, 2.24) is 0 Å². The third-order valence-corrected chi connectivity index (χ3v) is 0. The summed E-state index contributed by atoms with van der Waals surface area (Å²) in [4.78, 5) is 8.25. The molecule has 32 valence electrons. The first-order valence-electron chi connectivity index (χ1n) is 0.548. The Bertz CT molecular complexity index is 30.5. The van der Waals surface area contributed by atoms with Gasteiger partial charge in [0.2, 0.25) is 0 Å². The quantitative estimate of drug-likeness (QED) is 0.262. The molecule has 0 fully saturated rings. The molecule has 0 rings (SSSR count). The van der Waals surface area contributed by atoms with Gasteiger partial charge in [0.05, 0.1) is 5.09 Å². The van der Waals surface area contributed by atoms with Crippen molar-refractivity contribution in [2.45, 2.75) is 0 Å². The van der Waals surface area contributed by atoms with Crippen molar-refractivity contribution in [2.75, 3.05) is 0 Å². The zero-order valence-electron chi connectivity index (χ0n) is 2.83. The van der Waals surface area contributed by atoms with Gasteiger partial charge in [-0.05, 0) is 0 Å². The fourth-order valence-corrected chi connectivity index (χ4v) is 0. The van der Waals surface area contributed by atoms with Crippen LogP contribution in [0.5, 0.6) is 0 Å². The molecule has 0 aromatic carbocycles. The van der Waals surface area contributed by atoms with Crippen molar-refractivity contribution in [1.29, 1.82) is 0 Å². The maximum atomic E-state index is 8.25. The van der Waals surface area contributed by atoms with E-state index in [4.69, 9.17) is 15.3 Å². The van der Waals surface area contributed by atoms with E-state index in [0.717, 1.165) is 0 Å². The fourth-order valence-electron chi connectivity index (χ4n) is 0. The molecule has 0 spiro atoms. The van der Waals surface area contributed by atoms with Crippen molar-refractivity contribution in [3.05, 3.63) is 15.3 Å². The van der Waals surface area contributed by atoms with Gasteiger partial charge in [-0.1, -0.05) is 0 Å². The molecule has 0 aromatic rings. The summed E-state index contributed by atoms with van der Waals surface area (Å²) in [6.45, 7) is 0. The minimum atomic E-state index is -1.75. The van der Waals surface area contributed by atoms with E-state index >= 15 is 0 Å². The molecule has 5 nitrogen and oxygen atoms in total. The van der Waals surface area contributed by atoms with Gasteiger partial charge >= 0.3 is 19.5 Å². The average molecular weight is 144 g/mol. The van der Waals surface area contributed by atoms with Crippen molar-refractivity contribution < 1.29 is 30.0 Å². The first kappa shape index (κ1) is 17.1. The first-order chi connectivity index (χ1) is 1.73. The van der Waals surface area contributed by atoms with E-state index in [9.17, 15) is 0 Å². The SMILES string of the molecule is O=[N+]([O-])[O-].[OH-].[Zn+2]. The van der Waals surface area contributed by atoms with Crippen LogP contribution < -0.4 is 0 Å². The minimum absolute atomic E-state index is 0. The van der Waals surface area contributed by atoms with Gasteiger partial charge in [0, 0.05) is 0 Å². The topological polar surface area (TPSA) is 96.2 Å². The van der Waals surface area contributed by atoms with E-state index in [-0.39, 0.29) is 25.0 Å². The van der Waals surface area contributed by atoms with Crippen LogP contribution in [0.4, 0.5) is 0 Å². The second-order valence-corrected chi connectivity index (χ2v) is 0.224. The molecule has 0 aliphatic heterocycles. The summed E-state index contributed by atoms with van der Waals surface area (Å²) >= 11 is 0. The van der Waals surface area contributed by atoms with Crippen LogP contribution >= 0.6 is 0 Å². The summed E-state index contributed by atoms with van der Waals surface area (Å²) in [5.41, 5.74) is 0. The molecule has 0 saturated heterocycles. The summed E-state index contributed by atoms with van der Waals surface area (Å²) in [6.07, 6.45) is 0. The minimum Gasteiger partial charge on any atom is -0.870 e. The van der Waals surface area contributed by atoms with Gasteiger partial charge in [-0.15, -0.1) is 0 Å².